The highest BCUT2D eigenvalue weighted by Crippen LogP contribution is 2.53. The molecule has 0 aromatic heterocycles. The summed E-state index contributed by atoms with van der Waals surface area (Å²) in [7, 11) is 1.63. The number of ether oxygens (including phenoxy) is 1. The molecule has 1 aliphatic heterocycles. The van der Waals surface area contributed by atoms with E-state index in [-0.39, 0.29) is 41.6 Å². The predicted octanol–water partition coefficient (Wildman–Crippen LogP) is 2.73. The number of alkyl halides is 3. The van der Waals surface area contributed by atoms with E-state index in [9.17, 15) is 42.9 Å². The Morgan fingerprint density at radius 2 is 1.83 bits per heavy atom. The fourth-order valence-corrected chi connectivity index (χ4v) is 7.02. The van der Waals surface area contributed by atoms with Crippen LogP contribution in [-0.4, -0.2) is 81.7 Å². The molecule has 4 aliphatic rings. The lowest BCUT2D eigenvalue weighted by Gasteiger charge is -2.46. The summed E-state index contributed by atoms with van der Waals surface area (Å²) in [5.74, 6) is -8.47. The number of carbonyl (C=O) groups is 3. The van der Waals surface area contributed by atoms with Gasteiger partial charge in [-0.15, -0.1) is 13.2 Å². The minimum Gasteiger partial charge on any atom is -0.510 e. The van der Waals surface area contributed by atoms with E-state index in [1.807, 2.05) is 4.90 Å². The van der Waals surface area contributed by atoms with Crippen molar-refractivity contribution in [1.82, 2.24) is 9.80 Å². The van der Waals surface area contributed by atoms with Gasteiger partial charge in [-0.1, -0.05) is 6.92 Å². The predicted molar refractivity (Wildman–Crippen MR) is 139 cm³/mol. The normalized spacial score (nSPS) is 26.8. The van der Waals surface area contributed by atoms with Crippen molar-refractivity contribution in [2.24, 2.45) is 23.5 Å². The molecule has 0 radical (unpaired) electrons. The first kappa shape index (κ1) is 28.9. The first-order valence-electron chi connectivity index (χ1n) is 13.6. The van der Waals surface area contributed by atoms with Crippen LogP contribution in [0, 0.1) is 17.8 Å². The molecule has 41 heavy (non-hydrogen) atoms. The van der Waals surface area contributed by atoms with Gasteiger partial charge in [-0.2, -0.15) is 0 Å². The summed E-state index contributed by atoms with van der Waals surface area (Å²) < 4.78 is 45.4. The third kappa shape index (κ3) is 4.84. The smallest absolute Gasteiger partial charge is 0.510 e. The number of aromatic hydroxyl groups is 1. The van der Waals surface area contributed by atoms with Gasteiger partial charge in [0.15, 0.2) is 11.6 Å². The van der Waals surface area contributed by atoms with Crippen LogP contribution >= 0.6 is 0 Å². The maximum Gasteiger partial charge on any atom is 0.573 e. The summed E-state index contributed by atoms with van der Waals surface area (Å²) in [6.07, 6.45) is -3.47. The van der Waals surface area contributed by atoms with Crippen LogP contribution in [0.1, 0.15) is 42.9 Å². The molecule has 222 valence electrons. The van der Waals surface area contributed by atoms with Crippen LogP contribution in [-0.2, 0) is 27.3 Å². The summed E-state index contributed by atoms with van der Waals surface area (Å²) in [5, 5.41) is 33.2. The van der Waals surface area contributed by atoms with E-state index in [4.69, 9.17) is 5.73 Å². The molecule has 5 N–H and O–H groups in total. The number of nitrogens with zero attached hydrogens (tertiary/aromatic N) is 2. The molecule has 0 bridgehead atoms. The second-order valence-corrected chi connectivity index (χ2v) is 11.2. The molecule has 1 heterocycles. The lowest BCUT2D eigenvalue weighted by atomic mass is 9.59. The summed E-state index contributed by atoms with van der Waals surface area (Å²) in [5.41, 5.74) is 4.15. The van der Waals surface area contributed by atoms with Crippen LogP contribution in [0.25, 0.3) is 5.76 Å². The first-order chi connectivity index (χ1) is 19.2. The van der Waals surface area contributed by atoms with Crippen LogP contribution in [0.3, 0.4) is 0 Å². The quantitative estimate of drug-likeness (QED) is 0.294. The zero-order valence-corrected chi connectivity index (χ0v) is 22.6. The maximum atomic E-state index is 13.9. The molecule has 1 saturated carbocycles. The number of aliphatic hydroxyl groups is 2. The molecule has 5 rings (SSSR count). The molecule has 1 amide bonds. The van der Waals surface area contributed by atoms with E-state index in [0.29, 0.717) is 19.6 Å². The molecule has 2 fully saturated rings. The van der Waals surface area contributed by atoms with Crippen molar-refractivity contribution < 1.29 is 47.6 Å². The Morgan fingerprint density at radius 1 is 1.17 bits per heavy atom. The molecule has 1 aromatic rings. The van der Waals surface area contributed by atoms with Crippen LogP contribution in [0.4, 0.5) is 13.2 Å². The van der Waals surface area contributed by atoms with Gasteiger partial charge in [0, 0.05) is 23.2 Å². The fourth-order valence-electron chi connectivity index (χ4n) is 7.02. The molecule has 4 atom stereocenters. The van der Waals surface area contributed by atoms with Gasteiger partial charge >= 0.3 is 6.36 Å². The SMILES string of the molecule is CCN(C)[C@@H]1C(O)=C(C(N)=O)C(=O)C2C(=O)C3=C(O)c4c(O)cc(CN5CCCC5)c(OC(F)(F)F)c4C[C@H]3CC21. The summed E-state index contributed by atoms with van der Waals surface area (Å²) in [6.45, 7) is 3.56. The molecule has 0 spiro atoms. The van der Waals surface area contributed by atoms with Crippen molar-refractivity contribution in [2.75, 3.05) is 26.7 Å². The number of ketones is 2. The number of primary amides is 1. The number of phenols is 1. The van der Waals surface area contributed by atoms with Crippen LogP contribution in [0.5, 0.6) is 11.5 Å². The van der Waals surface area contributed by atoms with Crippen LogP contribution < -0.4 is 10.5 Å². The number of fused-ring (bicyclic) bond motifs is 3. The molecule has 2 unspecified atom stereocenters. The number of nitrogens with two attached hydrogens (primary N) is 1. The van der Waals surface area contributed by atoms with Gasteiger partial charge in [0.1, 0.15) is 28.6 Å². The fraction of sp³-hybridized carbons (Fsp3) is 0.536. The number of halogens is 3. The number of allylic oxidation sites excluding steroid dienone is 1. The van der Waals surface area contributed by atoms with E-state index in [2.05, 4.69) is 4.74 Å². The Labute approximate surface area is 233 Å². The number of phenolic OH excluding ortho intramolecular Hbond substituents is 1. The van der Waals surface area contributed by atoms with E-state index < -0.39 is 76.2 Å². The third-order valence-electron chi connectivity index (χ3n) is 8.82. The van der Waals surface area contributed by atoms with Crippen molar-refractivity contribution in [3.8, 4) is 11.5 Å². The Bertz CT molecular complexity index is 1380. The van der Waals surface area contributed by atoms with Gasteiger partial charge in [0.05, 0.1) is 17.5 Å². The van der Waals surface area contributed by atoms with Gasteiger partial charge in [0.25, 0.3) is 5.91 Å². The Morgan fingerprint density at radius 3 is 2.41 bits per heavy atom. The van der Waals surface area contributed by atoms with Crippen LogP contribution in [0.2, 0.25) is 0 Å². The maximum absolute atomic E-state index is 13.9. The van der Waals surface area contributed by atoms with Crippen molar-refractivity contribution in [2.45, 2.75) is 51.6 Å². The highest BCUT2D eigenvalue weighted by atomic mass is 19.4. The number of likely N-dealkylation sites (N-methyl/N-ethyl adjacent to an activating group) is 1. The first-order valence-corrected chi connectivity index (χ1v) is 13.6. The van der Waals surface area contributed by atoms with E-state index in [1.54, 1.807) is 18.9 Å². The topological polar surface area (TPSA) is 154 Å². The number of hydrogen-bond donors (Lipinski definition) is 4. The lowest BCUT2D eigenvalue weighted by molar-refractivity contribution is -0.275. The summed E-state index contributed by atoms with van der Waals surface area (Å²) in [4.78, 5) is 42.9. The number of likely N-dealkylation sites (tertiary alicyclic amines) is 1. The van der Waals surface area contributed by atoms with Crippen molar-refractivity contribution >= 4 is 23.2 Å². The highest BCUT2D eigenvalue weighted by Gasteiger charge is 2.56. The lowest BCUT2D eigenvalue weighted by Crippen LogP contribution is -2.56. The molecule has 1 aromatic carbocycles. The van der Waals surface area contributed by atoms with E-state index in [1.165, 1.54) is 0 Å². The Hall–Kier alpha value is -3.58. The highest BCUT2D eigenvalue weighted by molar-refractivity contribution is 6.28. The van der Waals surface area contributed by atoms with Gasteiger partial charge in [-0.25, -0.2) is 0 Å². The molecule has 10 nitrogen and oxygen atoms in total. The van der Waals surface area contributed by atoms with Crippen LogP contribution in [0.15, 0.2) is 23.0 Å². The number of carbonyl (C=O) groups excluding carboxylic acids is 3. The zero-order valence-electron chi connectivity index (χ0n) is 22.6. The number of aliphatic hydroxyl groups excluding tert-OH is 2. The number of rotatable bonds is 6. The number of Topliss-reactive ketones (excluding diaryl/α,β-unsaturated/α-hetero) is 2. The minimum atomic E-state index is -5.07. The molecular weight excluding hydrogens is 547 g/mol. The van der Waals surface area contributed by atoms with Gasteiger partial charge < -0.3 is 25.8 Å². The standard InChI is InChI=1S/C28H32F3N3O7/c1-3-33(2)21-14-8-12-9-15-18(22(36)17(12)23(37)19(14)24(38)20(25(21)39)27(32)40)16(35)10-13(11-34-6-4-5-7-34)26(15)41-28(29,30)31/h10,12,14,19,21,35-36,39H,3-9,11H2,1-2H3,(H2,32,40)/t12-,14?,19?,21+/m1/s1. The third-order valence-corrected chi connectivity index (χ3v) is 8.82. The van der Waals surface area contributed by atoms with E-state index in [0.717, 1.165) is 18.9 Å². The second-order valence-electron chi connectivity index (χ2n) is 11.2. The molecular formula is C28H32F3N3O7. The average molecular weight is 580 g/mol. The zero-order chi connectivity index (χ0) is 30.0. The van der Waals surface area contributed by atoms with Crippen molar-refractivity contribution in [3.05, 3.63) is 39.7 Å². The molecule has 1 saturated heterocycles. The van der Waals surface area contributed by atoms with Crippen molar-refractivity contribution in [1.29, 1.82) is 0 Å². The summed E-state index contributed by atoms with van der Waals surface area (Å²) >= 11 is 0. The van der Waals surface area contributed by atoms with Gasteiger partial charge in [-0.3, -0.25) is 24.2 Å². The van der Waals surface area contributed by atoms with Gasteiger partial charge in [-0.05, 0) is 70.3 Å². The number of hydrogen-bond acceptors (Lipinski definition) is 9. The second kappa shape index (κ2) is 10.4. The summed E-state index contributed by atoms with van der Waals surface area (Å²) in [6, 6.07) is 0.162. The van der Waals surface area contributed by atoms with Gasteiger partial charge in [0.2, 0.25) is 0 Å². The average Bonchev–Trinajstić information content (AvgIpc) is 3.37. The Kier molecular flexibility index (Phi) is 7.31. The minimum absolute atomic E-state index is 0.0225. The largest absolute Gasteiger partial charge is 0.573 e. The van der Waals surface area contributed by atoms with Crippen molar-refractivity contribution in [3.63, 3.8) is 0 Å². The van der Waals surface area contributed by atoms with E-state index >= 15 is 0 Å². The number of benzene rings is 1. The molecule has 13 heteroatoms. The monoisotopic (exact) mass is 579 g/mol. The number of amides is 1. The molecule has 3 aliphatic carbocycles. The Balaban J connectivity index is 1.65.